The molecule has 0 aliphatic rings. The second-order valence-electron chi connectivity index (χ2n) is 4.43. The number of carbonyl (C=O) groups excluding carboxylic acids is 1. The lowest BCUT2D eigenvalue weighted by molar-refractivity contribution is -0.319. The lowest BCUT2D eigenvalue weighted by Crippen LogP contribution is -2.51. The predicted molar refractivity (Wildman–Crippen MR) is 69.0 cm³/mol. The van der Waals surface area contributed by atoms with E-state index in [-0.39, 0.29) is 0 Å². The van der Waals surface area contributed by atoms with Gasteiger partial charge >= 0.3 is 12.0 Å². The third-order valence-corrected chi connectivity index (χ3v) is 2.96. The first-order chi connectivity index (χ1) is 10.3. The molecule has 0 saturated heterocycles. The molecule has 2 aromatic carbocycles. The number of rotatable bonds is 4. The minimum atomic E-state index is -5.33. The second kappa shape index (κ2) is 5.75. The highest BCUT2D eigenvalue weighted by molar-refractivity contribution is 5.93. The quantitative estimate of drug-likeness (QED) is 0.465. The van der Waals surface area contributed by atoms with Gasteiger partial charge in [0.1, 0.15) is 0 Å². The molecule has 0 saturated carbocycles. The molecule has 0 radical (unpaired) electrons. The Kier molecular flexibility index (Phi) is 4.16. The van der Waals surface area contributed by atoms with E-state index in [0.717, 1.165) is 36.4 Å². The third kappa shape index (κ3) is 2.66. The Bertz CT molecular complexity index is 645. The molecule has 116 valence electrons. The van der Waals surface area contributed by atoms with Crippen LogP contribution in [0, 0.1) is 0 Å². The molecular weight excluding hydrogens is 305 g/mol. The van der Waals surface area contributed by atoms with E-state index in [4.69, 9.17) is 0 Å². The fourth-order valence-electron chi connectivity index (χ4n) is 1.77. The standard InChI is InChI=1S/C15H10F5NO/c16-14(17,12-9-5-2-6-10-12)15(18,19)21(20)13(22)11-7-3-1-4-8-11/h1-10H. The smallest absolute Gasteiger partial charge is 0.266 e. The van der Waals surface area contributed by atoms with Gasteiger partial charge in [-0.3, -0.25) is 4.79 Å². The summed E-state index contributed by atoms with van der Waals surface area (Å²) >= 11 is 0. The van der Waals surface area contributed by atoms with Gasteiger partial charge in [-0.2, -0.15) is 17.6 Å². The molecule has 2 nitrogen and oxygen atoms in total. The average Bonchev–Trinajstić information content (AvgIpc) is 2.54. The van der Waals surface area contributed by atoms with Crippen LogP contribution in [-0.2, 0) is 5.92 Å². The largest absolute Gasteiger partial charge is 0.420 e. The van der Waals surface area contributed by atoms with Gasteiger partial charge < -0.3 is 0 Å². The Morgan fingerprint density at radius 1 is 0.818 bits per heavy atom. The lowest BCUT2D eigenvalue weighted by Gasteiger charge is -2.30. The zero-order valence-corrected chi connectivity index (χ0v) is 11.0. The zero-order valence-electron chi connectivity index (χ0n) is 11.0. The van der Waals surface area contributed by atoms with Crippen LogP contribution in [0.1, 0.15) is 15.9 Å². The summed E-state index contributed by atoms with van der Waals surface area (Å²) in [6.45, 7) is 0. The van der Waals surface area contributed by atoms with Crippen molar-refractivity contribution in [3.63, 3.8) is 0 Å². The predicted octanol–water partition coefficient (Wildman–Crippen LogP) is 4.40. The number of carbonyl (C=O) groups is 1. The van der Waals surface area contributed by atoms with E-state index in [1.807, 2.05) is 0 Å². The molecule has 7 heteroatoms. The first-order valence-corrected chi connectivity index (χ1v) is 6.15. The van der Waals surface area contributed by atoms with Crippen LogP contribution < -0.4 is 0 Å². The highest BCUT2D eigenvalue weighted by Gasteiger charge is 2.64. The van der Waals surface area contributed by atoms with Crippen molar-refractivity contribution in [3.05, 3.63) is 71.8 Å². The van der Waals surface area contributed by atoms with E-state index in [1.54, 1.807) is 0 Å². The summed E-state index contributed by atoms with van der Waals surface area (Å²) in [4.78, 5) is 11.6. The summed E-state index contributed by atoms with van der Waals surface area (Å²) in [7, 11) is 0. The highest BCUT2D eigenvalue weighted by Crippen LogP contribution is 2.45. The second-order valence-corrected chi connectivity index (χ2v) is 4.43. The van der Waals surface area contributed by atoms with Crippen LogP contribution >= 0.6 is 0 Å². The number of hydrogen-bond acceptors (Lipinski definition) is 1. The molecule has 0 heterocycles. The molecule has 0 fully saturated rings. The number of hydrogen-bond donors (Lipinski definition) is 0. The van der Waals surface area contributed by atoms with Crippen molar-refractivity contribution in [2.24, 2.45) is 0 Å². The van der Waals surface area contributed by atoms with Crippen LogP contribution in [0.3, 0.4) is 0 Å². The molecule has 0 spiro atoms. The molecule has 0 aromatic heterocycles. The Labute approximate surface area is 122 Å². The van der Waals surface area contributed by atoms with Gasteiger partial charge in [-0.05, 0) is 12.1 Å². The van der Waals surface area contributed by atoms with Gasteiger partial charge in [0.2, 0.25) is 0 Å². The maximum atomic E-state index is 13.9. The van der Waals surface area contributed by atoms with Crippen molar-refractivity contribution in [2.75, 3.05) is 0 Å². The molecule has 0 aliphatic heterocycles. The number of amides is 1. The Morgan fingerprint density at radius 3 is 1.77 bits per heavy atom. The fraction of sp³-hybridized carbons (Fsp3) is 0.133. The highest BCUT2D eigenvalue weighted by atomic mass is 19.3. The van der Waals surface area contributed by atoms with Gasteiger partial charge in [-0.1, -0.05) is 53.0 Å². The number of halogens is 5. The summed E-state index contributed by atoms with van der Waals surface area (Å²) in [5, 5.41) is -1.73. The van der Waals surface area contributed by atoms with Crippen molar-refractivity contribution < 1.29 is 26.8 Å². The van der Waals surface area contributed by atoms with Crippen LogP contribution in [0.4, 0.5) is 22.0 Å². The number of benzene rings is 2. The van der Waals surface area contributed by atoms with Crippen molar-refractivity contribution in [2.45, 2.75) is 12.0 Å². The monoisotopic (exact) mass is 315 g/mol. The first-order valence-electron chi connectivity index (χ1n) is 6.15. The number of nitrogens with zero attached hydrogens (tertiary/aromatic N) is 1. The average molecular weight is 315 g/mol. The molecule has 0 unspecified atom stereocenters. The maximum absolute atomic E-state index is 13.9. The normalized spacial score (nSPS) is 12.0. The van der Waals surface area contributed by atoms with Gasteiger partial charge in [-0.15, -0.1) is 5.12 Å². The van der Waals surface area contributed by atoms with Crippen LogP contribution in [-0.4, -0.2) is 17.1 Å². The lowest BCUT2D eigenvalue weighted by atomic mass is 10.1. The van der Waals surface area contributed by atoms with Crippen molar-refractivity contribution >= 4 is 5.91 Å². The van der Waals surface area contributed by atoms with E-state index >= 15 is 0 Å². The number of alkyl halides is 4. The summed E-state index contributed by atoms with van der Waals surface area (Å²) in [6.07, 6.45) is 0. The van der Waals surface area contributed by atoms with Crippen molar-refractivity contribution in [1.29, 1.82) is 0 Å². The van der Waals surface area contributed by atoms with Gasteiger partial charge in [-0.25, -0.2) is 0 Å². The molecule has 0 bridgehead atoms. The SMILES string of the molecule is O=C(c1ccccc1)N(F)C(F)(F)C(F)(F)c1ccccc1. The molecule has 0 aliphatic carbocycles. The van der Waals surface area contributed by atoms with E-state index in [9.17, 15) is 26.8 Å². The Balaban J connectivity index is 2.35. The van der Waals surface area contributed by atoms with E-state index in [2.05, 4.69) is 0 Å². The van der Waals surface area contributed by atoms with Gasteiger partial charge in [0.15, 0.2) is 0 Å². The molecule has 2 aromatic rings. The topological polar surface area (TPSA) is 20.3 Å². The molecule has 0 atom stereocenters. The maximum Gasteiger partial charge on any atom is 0.420 e. The van der Waals surface area contributed by atoms with Crippen molar-refractivity contribution in [3.8, 4) is 0 Å². The van der Waals surface area contributed by atoms with Crippen LogP contribution in [0.15, 0.2) is 60.7 Å². The van der Waals surface area contributed by atoms with Crippen molar-refractivity contribution in [1.82, 2.24) is 5.12 Å². The van der Waals surface area contributed by atoms with Gasteiger partial charge in [0.25, 0.3) is 5.91 Å². The zero-order chi connectivity index (χ0) is 16.4. The minimum absolute atomic E-state index is 0.464. The van der Waals surface area contributed by atoms with Crippen LogP contribution in [0.5, 0.6) is 0 Å². The summed E-state index contributed by atoms with van der Waals surface area (Å²) in [6, 6.07) is 5.86. The van der Waals surface area contributed by atoms with E-state index in [1.165, 1.54) is 24.3 Å². The molecular formula is C15H10F5NO. The third-order valence-electron chi connectivity index (χ3n) is 2.96. The summed E-state index contributed by atoms with van der Waals surface area (Å²) in [5.74, 6) is -6.73. The summed E-state index contributed by atoms with van der Waals surface area (Å²) < 4.78 is 69.0. The van der Waals surface area contributed by atoms with Gasteiger partial charge in [0.05, 0.1) is 0 Å². The van der Waals surface area contributed by atoms with Gasteiger partial charge in [0, 0.05) is 11.1 Å². The Morgan fingerprint density at radius 2 is 1.27 bits per heavy atom. The minimum Gasteiger partial charge on any atom is -0.266 e. The molecule has 1 amide bonds. The molecule has 2 rings (SSSR count). The fourth-order valence-corrected chi connectivity index (χ4v) is 1.77. The molecule has 22 heavy (non-hydrogen) atoms. The summed E-state index contributed by atoms with van der Waals surface area (Å²) in [5.41, 5.74) is -1.56. The van der Waals surface area contributed by atoms with Crippen LogP contribution in [0.25, 0.3) is 0 Å². The molecule has 0 N–H and O–H groups in total. The van der Waals surface area contributed by atoms with E-state index < -0.39 is 34.1 Å². The Hall–Kier alpha value is -2.44. The first kappa shape index (κ1) is 15.9. The van der Waals surface area contributed by atoms with Crippen LogP contribution in [0.2, 0.25) is 0 Å². The van der Waals surface area contributed by atoms with E-state index in [0.29, 0.717) is 0 Å².